The maximum Gasteiger partial charge on any atom is 0.337 e. The highest BCUT2D eigenvalue weighted by atomic mass is 16.4. The number of benzene rings is 2. The Morgan fingerprint density at radius 2 is 1.92 bits per heavy atom. The van der Waals surface area contributed by atoms with E-state index >= 15 is 0 Å². The molecule has 1 aliphatic heterocycles. The molecule has 3 nitrogen and oxygen atoms in total. The fraction of sp³-hybridized carbons (Fsp3) is 0.409. The number of carboxylic acids is 1. The minimum absolute atomic E-state index is 0.216. The normalized spacial score (nSPS) is 32.0. The van der Waals surface area contributed by atoms with Crippen molar-refractivity contribution in [2.75, 3.05) is 5.32 Å². The third kappa shape index (κ3) is 2.14. The molecule has 0 spiro atoms. The molecule has 5 rings (SSSR count). The second kappa shape index (κ2) is 5.35. The molecular weight excluding hydrogens is 310 g/mol. The predicted molar refractivity (Wildman–Crippen MR) is 98.0 cm³/mol. The Kier molecular flexibility index (Phi) is 3.21. The molecule has 2 aromatic rings. The summed E-state index contributed by atoms with van der Waals surface area (Å²) in [6, 6.07) is 14.7. The van der Waals surface area contributed by atoms with E-state index in [-0.39, 0.29) is 6.04 Å². The summed E-state index contributed by atoms with van der Waals surface area (Å²) in [5.74, 6) is 1.72. The van der Waals surface area contributed by atoms with Crippen LogP contribution in [0.15, 0.2) is 42.5 Å². The maximum atomic E-state index is 11.8. The molecule has 2 saturated carbocycles. The average Bonchev–Trinajstić information content (AvgIpc) is 3.22. The van der Waals surface area contributed by atoms with Crippen molar-refractivity contribution in [2.45, 2.75) is 38.1 Å². The van der Waals surface area contributed by atoms with Gasteiger partial charge in [0.05, 0.1) is 17.3 Å². The van der Waals surface area contributed by atoms with Gasteiger partial charge in [-0.2, -0.15) is 0 Å². The van der Waals surface area contributed by atoms with E-state index < -0.39 is 5.97 Å². The summed E-state index contributed by atoms with van der Waals surface area (Å²) in [7, 11) is 0. The van der Waals surface area contributed by atoms with Crippen LogP contribution < -0.4 is 5.32 Å². The van der Waals surface area contributed by atoms with Crippen LogP contribution in [0.1, 0.15) is 58.3 Å². The number of carbonyl (C=O) groups is 1. The molecule has 0 saturated heterocycles. The average molecular weight is 333 g/mol. The van der Waals surface area contributed by atoms with Crippen LogP contribution in [0.4, 0.5) is 5.69 Å². The van der Waals surface area contributed by atoms with Gasteiger partial charge in [0.1, 0.15) is 0 Å². The van der Waals surface area contributed by atoms with Crippen LogP contribution in [-0.2, 0) is 0 Å². The first-order valence-electron chi connectivity index (χ1n) is 9.33. The van der Waals surface area contributed by atoms with Crippen molar-refractivity contribution >= 4 is 11.7 Å². The van der Waals surface area contributed by atoms with Crippen LogP contribution in [0.25, 0.3) is 0 Å². The first-order valence-corrected chi connectivity index (χ1v) is 9.33. The molecule has 0 radical (unpaired) electrons. The molecule has 3 aliphatic rings. The molecule has 128 valence electrons. The molecule has 2 N–H and O–H groups in total. The molecule has 0 amide bonds. The van der Waals surface area contributed by atoms with Crippen molar-refractivity contribution in [1.82, 2.24) is 0 Å². The maximum absolute atomic E-state index is 11.8. The highest BCUT2D eigenvalue weighted by molar-refractivity contribution is 5.95. The Hall–Kier alpha value is -2.29. The molecule has 0 unspecified atom stereocenters. The first-order chi connectivity index (χ1) is 12.1. The van der Waals surface area contributed by atoms with Crippen molar-refractivity contribution in [3.05, 3.63) is 64.7 Å². The molecule has 2 fully saturated rings. The van der Waals surface area contributed by atoms with Gasteiger partial charge >= 0.3 is 5.97 Å². The largest absolute Gasteiger partial charge is 0.478 e. The summed E-state index contributed by atoms with van der Waals surface area (Å²) in [4.78, 5) is 11.8. The number of rotatable bonds is 2. The molecule has 2 aliphatic carbocycles. The van der Waals surface area contributed by atoms with E-state index in [9.17, 15) is 9.90 Å². The molecule has 1 heterocycles. The molecule has 2 bridgehead atoms. The molecule has 5 atom stereocenters. The van der Waals surface area contributed by atoms with Crippen LogP contribution in [0.3, 0.4) is 0 Å². The third-order valence-corrected chi connectivity index (χ3v) is 6.75. The summed E-state index contributed by atoms with van der Waals surface area (Å²) in [6.07, 6.45) is 3.92. The highest BCUT2D eigenvalue weighted by Gasteiger charge is 2.54. The smallest absolute Gasteiger partial charge is 0.337 e. The Labute approximate surface area is 148 Å². The van der Waals surface area contributed by atoms with E-state index in [0.717, 1.165) is 11.6 Å². The van der Waals surface area contributed by atoms with Crippen LogP contribution in [0, 0.1) is 24.7 Å². The second-order valence-corrected chi connectivity index (χ2v) is 8.05. The molecule has 0 aromatic heterocycles. The monoisotopic (exact) mass is 333 g/mol. The van der Waals surface area contributed by atoms with Gasteiger partial charge in [-0.25, -0.2) is 4.79 Å². The van der Waals surface area contributed by atoms with Gasteiger partial charge in [0.2, 0.25) is 0 Å². The van der Waals surface area contributed by atoms with E-state index in [4.69, 9.17) is 0 Å². The summed E-state index contributed by atoms with van der Waals surface area (Å²) in [5, 5.41) is 13.3. The van der Waals surface area contributed by atoms with Crippen LogP contribution >= 0.6 is 0 Å². The zero-order valence-electron chi connectivity index (χ0n) is 14.4. The van der Waals surface area contributed by atoms with Crippen molar-refractivity contribution in [3.63, 3.8) is 0 Å². The van der Waals surface area contributed by atoms with Gasteiger partial charge in [-0.15, -0.1) is 0 Å². The molecule has 3 heteroatoms. The fourth-order valence-corrected chi connectivity index (χ4v) is 5.88. The lowest BCUT2D eigenvalue weighted by atomic mass is 9.67. The second-order valence-electron chi connectivity index (χ2n) is 8.05. The van der Waals surface area contributed by atoms with Gasteiger partial charge in [0, 0.05) is 0 Å². The zero-order chi connectivity index (χ0) is 17.1. The van der Waals surface area contributed by atoms with E-state index in [1.807, 2.05) is 6.07 Å². The minimum atomic E-state index is -0.839. The number of anilines is 1. The van der Waals surface area contributed by atoms with Gasteiger partial charge in [0.15, 0.2) is 0 Å². The van der Waals surface area contributed by atoms with Gasteiger partial charge in [-0.05, 0) is 67.1 Å². The predicted octanol–water partition coefficient (Wildman–Crippen LogP) is 4.99. The number of aromatic carboxylic acids is 1. The number of carboxylic acid groups (broad SMARTS) is 1. The standard InChI is InChI=1S/C22H23NO2/c1-12-4-2-5-15(10-12)20-19-14-9-8-13(11-14)18(19)16-6-3-7-17(22(24)25)21(16)23-20/h2-7,10,13-14,18-20,23H,8-9,11H2,1H3,(H,24,25)/t13-,14-,18-,19+,20-/m0/s1. The fourth-order valence-electron chi connectivity index (χ4n) is 5.88. The summed E-state index contributed by atoms with van der Waals surface area (Å²) < 4.78 is 0. The number of aryl methyl sites for hydroxylation is 1. The zero-order valence-corrected chi connectivity index (χ0v) is 14.4. The Morgan fingerprint density at radius 1 is 1.12 bits per heavy atom. The van der Waals surface area contributed by atoms with Crippen LogP contribution in [0.2, 0.25) is 0 Å². The number of fused-ring (bicyclic) bond motifs is 7. The molecular formula is C22H23NO2. The van der Waals surface area contributed by atoms with Gasteiger partial charge in [0.25, 0.3) is 0 Å². The van der Waals surface area contributed by atoms with E-state index in [1.54, 1.807) is 6.07 Å². The van der Waals surface area contributed by atoms with Gasteiger partial charge in [-0.1, -0.05) is 42.0 Å². The lowest BCUT2D eigenvalue weighted by molar-refractivity contribution is 0.0697. The number of nitrogens with one attached hydrogen (secondary N) is 1. The van der Waals surface area contributed by atoms with Crippen molar-refractivity contribution in [1.29, 1.82) is 0 Å². The lowest BCUT2D eigenvalue weighted by Gasteiger charge is -2.44. The van der Waals surface area contributed by atoms with Crippen LogP contribution in [-0.4, -0.2) is 11.1 Å². The SMILES string of the molecule is Cc1cccc([C@@H]2Nc3c(C(=O)O)cccc3[C@@H]3[C@H]4CC[C@@H](C4)[C@H]32)c1. The Morgan fingerprint density at radius 3 is 2.72 bits per heavy atom. The van der Waals surface area contributed by atoms with Crippen molar-refractivity contribution < 1.29 is 9.90 Å². The van der Waals surface area contributed by atoms with Crippen LogP contribution in [0.5, 0.6) is 0 Å². The number of para-hydroxylation sites is 1. The van der Waals surface area contributed by atoms with Gasteiger partial charge in [-0.3, -0.25) is 0 Å². The first kappa shape index (κ1) is 15.0. The number of hydrogen-bond acceptors (Lipinski definition) is 2. The molecule has 25 heavy (non-hydrogen) atoms. The summed E-state index contributed by atoms with van der Waals surface area (Å²) >= 11 is 0. The lowest BCUT2D eigenvalue weighted by Crippen LogP contribution is -2.36. The summed E-state index contributed by atoms with van der Waals surface area (Å²) in [5.41, 5.74) is 5.07. The minimum Gasteiger partial charge on any atom is -0.478 e. The van der Waals surface area contributed by atoms with E-state index in [2.05, 4.69) is 42.6 Å². The van der Waals surface area contributed by atoms with Crippen molar-refractivity contribution in [2.24, 2.45) is 17.8 Å². The summed E-state index contributed by atoms with van der Waals surface area (Å²) in [6.45, 7) is 2.13. The third-order valence-electron chi connectivity index (χ3n) is 6.75. The topological polar surface area (TPSA) is 49.3 Å². The Bertz CT molecular complexity index is 859. The van der Waals surface area contributed by atoms with E-state index in [0.29, 0.717) is 23.3 Å². The quantitative estimate of drug-likeness (QED) is 0.814. The van der Waals surface area contributed by atoms with E-state index in [1.165, 1.54) is 36.0 Å². The highest BCUT2D eigenvalue weighted by Crippen LogP contribution is 2.63. The molecule has 2 aromatic carbocycles. The van der Waals surface area contributed by atoms with Gasteiger partial charge < -0.3 is 10.4 Å². The number of hydrogen-bond donors (Lipinski definition) is 2. The van der Waals surface area contributed by atoms with Crippen molar-refractivity contribution in [3.8, 4) is 0 Å². The Balaban J connectivity index is 1.68.